The molecule has 0 aromatic heterocycles. The number of benzene rings is 1. The van der Waals surface area contributed by atoms with Gasteiger partial charge in [-0.05, 0) is 24.0 Å². The molecule has 0 N–H and O–H groups in total. The molecule has 1 fully saturated rings. The molecule has 0 saturated carbocycles. The maximum atomic E-state index is 12.1. The van der Waals surface area contributed by atoms with Gasteiger partial charge in [-0.1, -0.05) is 37.3 Å². The van der Waals surface area contributed by atoms with Gasteiger partial charge in [0.05, 0.1) is 0 Å². The molecule has 0 aliphatic carbocycles. The fourth-order valence-corrected chi connectivity index (χ4v) is 2.93. The Balaban J connectivity index is 1.80. The highest BCUT2D eigenvalue weighted by Gasteiger charge is 2.21. The van der Waals surface area contributed by atoms with Crippen LogP contribution in [-0.2, 0) is 9.59 Å². The Morgan fingerprint density at radius 3 is 2.25 bits per heavy atom. The lowest BCUT2D eigenvalue weighted by Crippen LogP contribution is -2.50. The van der Waals surface area contributed by atoms with Gasteiger partial charge in [0, 0.05) is 43.6 Å². The summed E-state index contributed by atoms with van der Waals surface area (Å²) >= 11 is 1.72. The van der Waals surface area contributed by atoms with Crippen LogP contribution in [0, 0.1) is 0 Å². The van der Waals surface area contributed by atoms with E-state index in [0.717, 1.165) is 5.56 Å². The molecular weight excluding hydrogens is 320 g/mol. The van der Waals surface area contributed by atoms with E-state index >= 15 is 0 Å². The molecule has 1 aliphatic rings. The Morgan fingerprint density at radius 1 is 1.04 bits per heavy atom. The number of hydrogen-bond donors (Lipinski definition) is 0. The molecule has 1 saturated heterocycles. The molecule has 0 radical (unpaired) electrons. The van der Waals surface area contributed by atoms with Gasteiger partial charge in [0.15, 0.2) is 0 Å². The third-order valence-electron chi connectivity index (χ3n) is 4.00. The summed E-state index contributed by atoms with van der Waals surface area (Å²) in [4.78, 5) is 28.6. The van der Waals surface area contributed by atoms with Crippen molar-refractivity contribution in [1.82, 2.24) is 9.80 Å². The van der Waals surface area contributed by atoms with Crippen LogP contribution in [0.3, 0.4) is 0 Å². The van der Waals surface area contributed by atoms with Gasteiger partial charge in [-0.2, -0.15) is 0 Å². The number of carbonyl (C=O) groups excluding carboxylic acids is 2. The highest BCUT2D eigenvalue weighted by molar-refractivity contribution is 7.98. The smallest absolute Gasteiger partial charge is 0.246 e. The van der Waals surface area contributed by atoms with Crippen molar-refractivity contribution in [3.05, 3.63) is 48.1 Å². The SMILES string of the molecule is CCC(=O)N1CCN(C(=O)/C=C/C=C/c2ccc(SC)cc2)CC1. The van der Waals surface area contributed by atoms with Crippen LogP contribution in [0.1, 0.15) is 18.9 Å². The van der Waals surface area contributed by atoms with Crippen LogP contribution in [0.15, 0.2) is 47.4 Å². The average molecular weight is 344 g/mol. The first-order valence-electron chi connectivity index (χ1n) is 8.19. The van der Waals surface area contributed by atoms with Gasteiger partial charge in [0.1, 0.15) is 0 Å². The molecule has 1 heterocycles. The Bertz CT molecular complexity index is 615. The summed E-state index contributed by atoms with van der Waals surface area (Å²) in [6.07, 6.45) is 9.79. The number of rotatable bonds is 5. The Morgan fingerprint density at radius 2 is 1.67 bits per heavy atom. The van der Waals surface area contributed by atoms with Crippen LogP contribution in [0.4, 0.5) is 0 Å². The molecule has 4 nitrogen and oxygen atoms in total. The zero-order valence-electron chi connectivity index (χ0n) is 14.3. The number of amides is 2. The Hall–Kier alpha value is -2.01. The average Bonchev–Trinajstić information content (AvgIpc) is 2.65. The minimum absolute atomic E-state index is 0.000906. The van der Waals surface area contributed by atoms with Gasteiger partial charge in [0.25, 0.3) is 0 Å². The fraction of sp³-hybridized carbons (Fsp3) is 0.368. The van der Waals surface area contributed by atoms with Gasteiger partial charge in [0.2, 0.25) is 11.8 Å². The molecule has 128 valence electrons. The van der Waals surface area contributed by atoms with E-state index in [9.17, 15) is 9.59 Å². The van der Waals surface area contributed by atoms with E-state index in [-0.39, 0.29) is 11.8 Å². The minimum Gasteiger partial charge on any atom is -0.339 e. The third kappa shape index (κ3) is 5.27. The lowest BCUT2D eigenvalue weighted by Gasteiger charge is -2.34. The van der Waals surface area contributed by atoms with Crippen molar-refractivity contribution in [3.8, 4) is 0 Å². The van der Waals surface area contributed by atoms with Crippen molar-refractivity contribution in [2.24, 2.45) is 0 Å². The van der Waals surface area contributed by atoms with E-state index in [1.165, 1.54) is 4.90 Å². The fourth-order valence-electron chi connectivity index (χ4n) is 2.52. The summed E-state index contributed by atoms with van der Waals surface area (Å²) in [6.45, 7) is 4.33. The maximum Gasteiger partial charge on any atom is 0.246 e. The van der Waals surface area contributed by atoms with Crippen molar-refractivity contribution >= 4 is 29.7 Å². The zero-order valence-corrected chi connectivity index (χ0v) is 15.1. The summed E-state index contributed by atoms with van der Waals surface area (Å²) < 4.78 is 0. The highest BCUT2D eigenvalue weighted by atomic mass is 32.2. The van der Waals surface area contributed by atoms with Crippen LogP contribution in [0.25, 0.3) is 6.08 Å². The number of nitrogens with zero attached hydrogens (tertiary/aromatic N) is 2. The van der Waals surface area contributed by atoms with Gasteiger partial charge >= 0.3 is 0 Å². The summed E-state index contributed by atoms with van der Waals surface area (Å²) in [5.41, 5.74) is 1.11. The van der Waals surface area contributed by atoms with Crippen molar-refractivity contribution in [2.45, 2.75) is 18.2 Å². The summed E-state index contributed by atoms with van der Waals surface area (Å²) in [6, 6.07) is 8.27. The topological polar surface area (TPSA) is 40.6 Å². The van der Waals surface area contributed by atoms with Crippen LogP contribution >= 0.6 is 11.8 Å². The predicted molar refractivity (Wildman–Crippen MR) is 99.8 cm³/mol. The number of allylic oxidation sites excluding steroid dienone is 2. The molecule has 2 amide bonds. The quantitative estimate of drug-likeness (QED) is 0.468. The molecule has 2 rings (SSSR count). The number of piperazine rings is 1. The molecule has 0 unspecified atom stereocenters. The molecule has 5 heteroatoms. The second-order valence-electron chi connectivity index (χ2n) is 5.55. The molecule has 0 spiro atoms. The standard InChI is InChI=1S/C19H24N2O2S/c1-3-18(22)20-12-14-21(15-13-20)19(23)7-5-4-6-16-8-10-17(24-2)11-9-16/h4-11H,3,12-15H2,1-2H3/b6-4+,7-5+. The van der Waals surface area contributed by atoms with Crippen molar-refractivity contribution < 1.29 is 9.59 Å². The summed E-state index contributed by atoms with van der Waals surface area (Å²) in [7, 11) is 0. The number of hydrogen-bond acceptors (Lipinski definition) is 3. The van der Waals surface area contributed by atoms with Crippen molar-refractivity contribution in [3.63, 3.8) is 0 Å². The molecule has 1 aromatic carbocycles. The molecule has 24 heavy (non-hydrogen) atoms. The molecule has 0 bridgehead atoms. The van der Waals surface area contributed by atoms with Gasteiger partial charge in [-0.3, -0.25) is 9.59 Å². The lowest BCUT2D eigenvalue weighted by molar-refractivity contribution is -0.137. The summed E-state index contributed by atoms with van der Waals surface area (Å²) in [5.74, 6) is 0.161. The summed E-state index contributed by atoms with van der Waals surface area (Å²) in [5, 5.41) is 0. The number of thioether (sulfide) groups is 1. The lowest BCUT2D eigenvalue weighted by atomic mass is 10.2. The monoisotopic (exact) mass is 344 g/mol. The van der Waals surface area contributed by atoms with Crippen molar-refractivity contribution in [2.75, 3.05) is 32.4 Å². The maximum absolute atomic E-state index is 12.1. The van der Waals surface area contributed by atoms with E-state index in [1.807, 2.05) is 24.0 Å². The van der Waals surface area contributed by atoms with E-state index in [0.29, 0.717) is 32.6 Å². The van der Waals surface area contributed by atoms with E-state index in [1.54, 1.807) is 28.8 Å². The van der Waals surface area contributed by atoms with Gasteiger partial charge < -0.3 is 9.80 Å². The highest BCUT2D eigenvalue weighted by Crippen LogP contribution is 2.15. The molecule has 1 aliphatic heterocycles. The normalized spacial score (nSPS) is 15.4. The zero-order chi connectivity index (χ0) is 17.4. The molecule has 0 atom stereocenters. The van der Waals surface area contributed by atoms with Crippen LogP contribution in [0.2, 0.25) is 0 Å². The van der Waals surface area contributed by atoms with Crippen LogP contribution < -0.4 is 0 Å². The first-order chi connectivity index (χ1) is 11.6. The van der Waals surface area contributed by atoms with Crippen LogP contribution in [0.5, 0.6) is 0 Å². The molecule has 1 aromatic rings. The van der Waals surface area contributed by atoms with E-state index in [4.69, 9.17) is 0 Å². The molecular formula is C19H24N2O2S. The minimum atomic E-state index is 0.000906. The predicted octanol–water partition coefficient (Wildman–Crippen LogP) is 3.06. The second-order valence-corrected chi connectivity index (χ2v) is 6.43. The number of carbonyl (C=O) groups is 2. The second kappa shape index (κ2) is 9.33. The largest absolute Gasteiger partial charge is 0.339 e. The van der Waals surface area contributed by atoms with E-state index < -0.39 is 0 Å². The third-order valence-corrected chi connectivity index (χ3v) is 4.74. The Labute approximate surface area is 148 Å². The van der Waals surface area contributed by atoms with Crippen molar-refractivity contribution in [1.29, 1.82) is 0 Å². The van der Waals surface area contributed by atoms with Gasteiger partial charge in [-0.15, -0.1) is 11.8 Å². The first-order valence-corrected chi connectivity index (χ1v) is 9.42. The first kappa shape index (κ1) is 18.3. The van der Waals surface area contributed by atoms with Crippen LogP contribution in [-0.4, -0.2) is 54.0 Å². The Kier molecular flexibility index (Phi) is 7.12. The van der Waals surface area contributed by atoms with E-state index in [2.05, 4.69) is 30.5 Å². The van der Waals surface area contributed by atoms with Gasteiger partial charge in [-0.25, -0.2) is 0 Å².